The predicted octanol–water partition coefficient (Wildman–Crippen LogP) is 3.81. The zero-order chi connectivity index (χ0) is 17.0. The average molecular weight is 345 g/mol. The van der Waals surface area contributed by atoms with Crippen LogP contribution < -0.4 is 16.0 Å². The second-order valence-corrected chi connectivity index (χ2v) is 5.50. The summed E-state index contributed by atoms with van der Waals surface area (Å²) in [5, 5.41) is 15.7. The van der Waals surface area contributed by atoms with Crippen molar-refractivity contribution in [3.8, 4) is 0 Å². The number of aryl methyl sites for hydroxylation is 1. The number of anilines is 3. The highest BCUT2D eigenvalue weighted by Crippen LogP contribution is 2.36. The van der Waals surface area contributed by atoms with Gasteiger partial charge in [-0.15, -0.1) is 10.2 Å². The summed E-state index contributed by atoms with van der Waals surface area (Å²) in [7, 11) is 1.51. The number of amides is 2. The van der Waals surface area contributed by atoms with Crippen LogP contribution in [-0.4, -0.2) is 23.3 Å². The molecule has 6 nitrogen and oxygen atoms in total. The third-order valence-electron chi connectivity index (χ3n) is 2.85. The molecule has 0 saturated heterocycles. The Bertz CT molecular complexity index is 701. The number of hydrogen-bond donors (Lipinski definition) is 3. The van der Waals surface area contributed by atoms with E-state index in [1.807, 2.05) is 6.92 Å². The maximum atomic E-state index is 13.1. The molecule has 124 valence electrons. The van der Waals surface area contributed by atoms with Crippen LogP contribution in [0.3, 0.4) is 0 Å². The lowest BCUT2D eigenvalue weighted by Gasteiger charge is -2.15. The maximum Gasteiger partial charge on any atom is 0.418 e. The third-order valence-corrected chi connectivity index (χ3v) is 3.83. The Morgan fingerprint density at radius 2 is 2.00 bits per heavy atom. The first-order chi connectivity index (χ1) is 10.8. The third kappa shape index (κ3) is 4.31. The smallest absolute Gasteiger partial charge is 0.388 e. The molecule has 0 spiro atoms. The molecule has 0 unspecified atom stereocenters. The second kappa shape index (κ2) is 6.82. The number of halogens is 3. The van der Waals surface area contributed by atoms with Crippen LogP contribution in [-0.2, 0) is 12.6 Å². The van der Waals surface area contributed by atoms with E-state index in [9.17, 15) is 18.0 Å². The second-order valence-electron chi connectivity index (χ2n) is 4.44. The molecule has 0 radical (unpaired) electrons. The van der Waals surface area contributed by atoms with Crippen LogP contribution in [0.2, 0.25) is 0 Å². The summed E-state index contributed by atoms with van der Waals surface area (Å²) in [6.07, 6.45) is -3.93. The SMILES string of the molecule is CCc1nnc(NC(=O)Nc2ccc(NC)cc2C(F)(F)F)s1. The maximum absolute atomic E-state index is 13.1. The monoisotopic (exact) mass is 345 g/mol. The van der Waals surface area contributed by atoms with Gasteiger partial charge in [-0.2, -0.15) is 13.2 Å². The van der Waals surface area contributed by atoms with Crippen molar-refractivity contribution in [2.45, 2.75) is 19.5 Å². The Balaban J connectivity index is 2.16. The van der Waals surface area contributed by atoms with Gasteiger partial charge in [0.1, 0.15) is 5.01 Å². The van der Waals surface area contributed by atoms with E-state index in [0.29, 0.717) is 12.1 Å². The quantitative estimate of drug-likeness (QED) is 0.787. The van der Waals surface area contributed by atoms with Gasteiger partial charge < -0.3 is 10.6 Å². The lowest BCUT2D eigenvalue weighted by atomic mass is 10.1. The number of carbonyl (C=O) groups excluding carboxylic acids is 1. The summed E-state index contributed by atoms with van der Waals surface area (Å²) in [6, 6.07) is 2.73. The van der Waals surface area contributed by atoms with E-state index in [-0.39, 0.29) is 10.8 Å². The number of urea groups is 1. The van der Waals surface area contributed by atoms with Crippen molar-refractivity contribution in [3.05, 3.63) is 28.8 Å². The topological polar surface area (TPSA) is 78.9 Å². The van der Waals surface area contributed by atoms with Crippen LogP contribution in [0.15, 0.2) is 18.2 Å². The molecule has 0 saturated carbocycles. The molecule has 23 heavy (non-hydrogen) atoms. The Labute approximate surface area is 134 Å². The number of hydrogen-bond acceptors (Lipinski definition) is 5. The summed E-state index contributed by atoms with van der Waals surface area (Å²) < 4.78 is 39.2. The Hall–Kier alpha value is -2.36. The van der Waals surface area contributed by atoms with Gasteiger partial charge in [-0.1, -0.05) is 18.3 Å². The average Bonchev–Trinajstić information content (AvgIpc) is 2.94. The van der Waals surface area contributed by atoms with Gasteiger partial charge in [-0.3, -0.25) is 5.32 Å². The number of nitrogens with one attached hydrogen (secondary N) is 3. The number of benzene rings is 1. The fourth-order valence-corrected chi connectivity index (χ4v) is 2.42. The van der Waals surface area contributed by atoms with Gasteiger partial charge in [0.05, 0.1) is 11.3 Å². The van der Waals surface area contributed by atoms with Gasteiger partial charge in [0.15, 0.2) is 0 Å². The van der Waals surface area contributed by atoms with Crippen molar-refractivity contribution in [2.24, 2.45) is 0 Å². The summed E-state index contributed by atoms with van der Waals surface area (Å²) in [4.78, 5) is 11.8. The summed E-state index contributed by atoms with van der Waals surface area (Å²) in [5.74, 6) is 0. The predicted molar refractivity (Wildman–Crippen MR) is 82.9 cm³/mol. The van der Waals surface area contributed by atoms with Gasteiger partial charge >= 0.3 is 12.2 Å². The van der Waals surface area contributed by atoms with Gasteiger partial charge in [0.2, 0.25) is 5.13 Å². The molecule has 2 aromatic rings. The number of carbonyl (C=O) groups is 1. The molecular formula is C13H14F3N5OS. The van der Waals surface area contributed by atoms with E-state index in [0.717, 1.165) is 22.4 Å². The van der Waals surface area contributed by atoms with E-state index in [1.165, 1.54) is 19.2 Å². The summed E-state index contributed by atoms with van der Waals surface area (Å²) in [5.41, 5.74) is -0.986. The van der Waals surface area contributed by atoms with Gasteiger partial charge in [0.25, 0.3) is 0 Å². The minimum atomic E-state index is -4.59. The first kappa shape index (κ1) is 17.0. The molecule has 2 rings (SSSR count). The minimum absolute atomic E-state index is 0.222. The Kier molecular flexibility index (Phi) is 5.04. The number of rotatable bonds is 4. The highest BCUT2D eigenvalue weighted by atomic mass is 32.1. The first-order valence-corrected chi connectivity index (χ1v) is 7.44. The van der Waals surface area contributed by atoms with Crippen LogP contribution in [0.25, 0.3) is 0 Å². The van der Waals surface area contributed by atoms with Crippen LogP contribution in [0.4, 0.5) is 34.5 Å². The zero-order valence-electron chi connectivity index (χ0n) is 12.3. The van der Waals surface area contributed by atoms with Gasteiger partial charge in [0, 0.05) is 12.7 Å². The molecule has 0 aliphatic carbocycles. The number of aromatic nitrogens is 2. The van der Waals surface area contributed by atoms with Gasteiger partial charge in [-0.05, 0) is 24.6 Å². The Morgan fingerprint density at radius 3 is 2.57 bits per heavy atom. The fourth-order valence-electron chi connectivity index (χ4n) is 1.74. The minimum Gasteiger partial charge on any atom is -0.388 e. The normalized spacial score (nSPS) is 11.2. The molecule has 0 aliphatic heterocycles. The van der Waals surface area contributed by atoms with Gasteiger partial charge in [-0.25, -0.2) is 4.79 Å². The molecule has 1 aromatic heterocycles. The molecule has 0 aliphatic rings. The molecule has 3 N–H and O–H groups in total. The van der Waals surface area contributed by atoms with Crippen LogP contribution in [0.5, 0.6) is 0 Å². The molecule has 0 bridgehead atoms. The summed E-state index contributed by atoms with van der Waals surface area (Å²) in [6.45, 7) is 1.88. The number of alkyl halides is 3. The molecule has 1 aromatic carbocycles. The number of nitrogens with zero attached hydrogens (tertiary/aromatic N) is 2. The Morgan fingerprint density at radius 1 is 1.26 bits per heavy atom. The molecule has 0 atom stereocenters. The molecule has 0 fully saturated rings. The van der Waals surface area contributed by atoms with Crippen LogP contribution in [0.1, 0.15) is 17.5 Å². The first-order valence-electron chi connectivity index (χ1n) is 6.63. The highest BCUT2D eigenvalue weighted by Gasteiger charge is 2.34. The summed E-state index contributed by atoms with van der Waals surface area (Å²) >= 11 is 1.16. The van der Waals surface area contributed by atoms with Crippen molar-refractivity contribution in [2.75, 3.05) is 23.0 Å². The van der Waals surface area contributed by atoms with Crippen molar-refractivity contribution in [3.63, 3.8) is 0 Å². The van der Waals surface area contributed by atoms with Crippen LogP contribution >= 0.6 is 11.3 Å². The molecule has 10 heteroatoms. The van der Waals surface area contributed by atoms with Crippen LogP contribution in [0, 0.1) is 0 Å². The molecule has 2 amide bonds. The fraction of sp³-hybridized carbons (Fsp3) is 0.308. The highest BCUT2D eigenvalue weighted by molar-refractivity contribution is 7.15. The van der Waals surface area contributed by atoms with E-state index in [2.05, 4.69) is 26.1 Å². The van der Waals surface area contributed by atoms with E-state index < -0.39 is 17.8 Å². The lowest BCUT2D eigenvalue weighted by molar-refractivity contribution is -0.136. The van der Waals surface area contributed by atoms with Crippen molar-refractivity contribution in [1.29, 1.82) is 0 Å². The van der Waals surface area contributed by atoms with Crippen molar-refractivity contribution in [1.82, 2.24) is 10.2 Å². The molecular weight excluding hydrogens is 331 g/mol. The zero-order valence-corrected chi connectivity index (χ0v) is 13.1. The van der Waals surface area contributed by atoms with Crippen molar-refractivity contribution >= 4 is 33.9 Å². The molecule has 1 heterocycles. The van der Waals surface area contributed by atoms with E-state index in [4.69, 9.17) is 0 Å². The van der Waals surface area contributed by atoms with Crippen molar-refractivity contribution < 1.29 is 18.0 Å². The van der Waals surface area contributed by atoms with E-state index in [1.54, 1.807) is 0 Å². The van der Waals surface area contributed by atoms with E-state index >= 15 is 0 Å². The lowest BCUT2D eigenvalue weighted by Crippen LogP contribution is -2.22. The standard InChI is InChI=1S/C13H14F3N5OS/c1-3-10-20-21-12(23-10)19-11(22)18-9-5-4-7(17-2)6-8(9)13(14,15)16/h4-6,17H,3H2,1-2H3,(H2,18,19,21,22). The largest absolute Gasteiger partial charge is 0.418 e.